The Balaban J connectivity index is 1.86. The highest BCUT2D eigenvalue weighted by molar-refractivity contribution is 7.91. The van der Waals surface area contributed by atoms with E-state index in [9.17, 15) is 8.42 Å². The van der Waals surface area contributed by atoms with Crippen LogP contribution in [-0.4, -0.2) is 57.0 Å². The third-order valence-electron chi connectivity index (χ3n) is 4.25. The van der Waals surface area contributed by atoms with Crippen LogP contribution < -0.4 is 5.32 Å². The van der Waals surface area contributed by atoms with Gasteiger partial charge in [0.05, 0.1) is 11.5 Å². The summed E-state index contributed by atoms with van der Waals surface area (Å²) in [6, 6.07) is 0.757. The van der Waals surface area contributed by atoms with E-state index in [-0.39, 0.29) is 6.04 Å². The Morgan fingerprint density at radius 2 is 2.12 bits per heavy atom. The maximum atomic E-state index is 11.5. The van der Waals surface area contributed by atoms with E-state index in [1.807, 2.05) is 0 Å². The summed E-state index contributed by atoms with van der Waals surface area (Å²) >= 11 is 0. The summed E-state index contributed by atoms with van der Waals surface area (Å²) in [6.07, 6.45) is 3.35. The lowest BCUT2D eigenvalue weighted by atomic mass is 9.92. The van der Waals surface area contributed by atoms with Crippen LogP contribution in [0.2, 0.25) is 0 Å². The van der Waals surface area contributed by atoms with Gasteiger partial charge in [0, 0.05) is 18.6 Å². The monoisotopic (exact) mass is 260 g/mol. The number of hydrogen-bond acceptors (Lipinski definition) is 4. The molecule has 17 heavy (non-hydrogen) atoms. The van der Waals surface area contributed by atoms with E-state index in [1.54, 1.807) is 0 Å². The predicted octanol–water partition coefficient (Wildman–Crippen LogP) is 0.493. The molecule has 2 saturated heterocycles. The zero-order chi connectivity index (χ0) is 12.5. The van der Waals surface area contributed by atoms with Crippen molar-refractivity contribution in [3.63, 3.8) is 0 Å². The molecule has 0 aliphatic carbocycles. The first kappa shape index (κ1) is 13.3. The Labute approximate surface area is 105 Å². The maximum absolute atomic E-state index is 11.5. The smallest absolute Gasteiger partial charge is 0.151 e. The average molecular weight is 260 g/mol. The van der Waals surface area contributed by atoms with Gasteiger partial charge < -0.3 is 10.2 Å². The van der Waals surface area contributed by atoms with Crippen molar-refractivity contribution in [1.82, 2.24) is 10.2 Å². The van der Waals surface area contributed by atoms with Crippen molar-refractivity contribution < 1.29 is 8.42 Å². The number of hydrogen-bond donors (Lipinski definition) is 1. The molecule has 3 atom stereocenters. The van der Waals surface area contributed by atoms with Gasteiger partial charge in [0.25, 0.3) is 0 Å². The van der Waals surface area contributed by atoms with Gasteiger partial charge in [0.1, 0.15) is 0 Å². The quantitative estimate of drug-likeness (QED) is 0.802. The molecule has 2 heterocycles. The Kier molecular flexibility index (Phi) is 4.10. The molecular weight excluding hydrogens is 236 g/mol. The number of rotatable bonds is 3. The molecular formula is C12H24N2O2S. The van der Waals surface area contributed by atoms with Gasteiger partial charge in [-0.2, -0.15) is 0 Å². The summed E-state index contributed by atoms with van der Waals surface area (Å²) in [4.78, 5) is 2.24. The van der Waals surface area contributed by atoms with Crippen molar-refractivity contribution in [3.05, 3.63) is 0 Å². The van der Waals surface area contributed by atoms with Crippen molar-refractivity contribution in [2.45, 2.75) is 38.3 Å². The summed E-state index contributed by atoms with van der Waals surface area (Å²) < 4.78 is 22.9. The molecule has 2 fully saturated rings. The van der Waals surface area contributed by atoms with Crippen molar-refractivity contribution in [3.8, 4) is 0 Å². The Morgan fingerprint density at radius 1 is 1.35 bits per heavy atom. The van der Waals surface area contributed by atoms with Gasteiger partial charge in [0.15, 0.2) is 9.84 Å². The van der Waals surface area contributed by atoms with Crippen molar-refractivity contribution in [2.24, 2.45) is 5.92 Å². The fourth-order valence-electron chi connectivity index (χ4n) is 2.94. The fourth-order valence-corrected chi connectivity index (χ4v) is 4.75. The number of nitrogens with zero attached hydrogens (tertiary/aromatic N) is 1. The highest BCUT2D eigenvalue weighted by Gasteiger charge is 2.32. The minimum Gasteiger partial charge on any atom is -0.312 e. The molecule has 2 rings (SSSR count). The summed E-state index contributed by atoms with van der Waals surface area (Å²) in [5.74, 6) is 1.42. The molecule has 0 bridgehead atoms. The van der Waals surface area contributed by atoms with Crippen molar-refractivity contribution in [1.29, 1.82) is 0 Å². The number of likely N-dealkylation sites (N-methyl/N-ethyl adjacent to an activating group) is 1. The van der Waals surface area contributed by atoms with Gasteiger partial charge >= 0.3 is 0 Å². The van der Waals surface area contributed by atoms with E-state index in [0.29, 0.717) is 23.5 Å². The fraction of sp³-hybridized carbons (Fsp3) is 1.00. The Morgan fingerprint density at radius 3 is 2.71 bits per heavy atom. The summed E-state index contributed by atoms with van der Waals surface area (Å²) in [5, 5.41) is 3.55. The average Bonchev–Trinajstić information content (AvgIpc) is 2.62. The molecule has 0 aromatic rings. The van der Waals surface area contributed by atoms with Crippen molar-refractivity contribution in [2.75, 3.05) is 31.6 Å². The number of sulfone groups is 1. The van der Waals surface area contributed by atoms with Gasteiger partial charge in [-0.3, -0.25) is 0 Å². The lowest BCUT2D eigenvalue weighted by Crippen LogP contribution is -2.49. The first-order valence-corrected chi connectivity index (χ1v) is 8.44. The molecule has 2 aliphatic heterocycles. The molecule has 0 aromatic carbocycles. The van der Waals surface area contributed by atoms with E-state index in [1.165, 1.54) is 12.8 Å². The van der Waals surface area contributed by atoms with Crippen LogP contribution in [0.3, 0.4) is 0 Å². The predicted molar refractivity (Wildman–Crippen MR) is 69.9 cm³/mol. The number of nitrogens with one attached hydrogen (secondary N) is 1. The van der Waals surface area contributed by atoms with Gasteiger partial charge in [-0.1, -0.05) is 6.92 Å². The van der Waals surface area contributed by atoms with Crippen molar-refractivity contribution >= 4 is 9.84 Å². The first-order valence-electron chi connectivity index (χ1n) is 6.62. The Hall–Kier alpha value is -0.130. The number of piperidine rings is 1. The topological polar surface area (TPSA) is 49.4 Å². The molecule has 0 aromatic heterocycles. The molecule has 1 N–H and O–H groups in total. The van der Waals surface area contributed by atoms with E-state index >= 15 is 0 Å². The minimum atomic E-state index is -2.76. The van der Waals surface area contributed by atoms with Crippen LogP contribution in [0.5, 0.6) is 0 Å². The van der Waals surface area contributed by atoms with E-state index in [0.717, 1.165) is 19.5 Å². The molecule has 0 spiro atoms. The van der Waals surface area contributed by atoms with E-state index in [2.05, 4.69) is 24.2 Å². The van der Waals surface area contributed by atoms with E-state index in [4.69, 9.17) is 0 Å². The summed E-state index contributed by atoms with van der Waals surface area (Å²) in [6.45, 7) is 4.36. The molecule has 5 heteroatoms. The normalized spacial score (nSPS) is 37.5. The van der Waals surface area contributed by atoms with Crippen LogP contribution in [0.15, 0.2) is 0 Å². The SMILES string of the molecule is CC1CCCNC1CN(C)C1CCS(=O)(=O)C1. The van der Waals surface area contributed by atoms with Crippen LogP contribution >= 0.6 is 0 Å². The van der Waals surface area contributed by atoms with Gasteiger partial charge in [-0.15, -0.1) is 0 Å². The lowest BCUT2D eigenvalue weighted by Gasteiger charge is -2.35. The molecule has 3 unspecified atom stereocenters. The zero-order valence-electron chi connectivity index (χ0n) is 10.9. The largest absolute Gasteiger partial charge is 0.312 e. The van der Waals surface area contributed by atoms with Crippen LogP contribution in [-0.2, 0) is 9.84 Å². The highest BCUT2D eigenvalue weighted by Crippen LogP contribution is 2.20. The minimum absolute atomic E-state index is 0.232. The van der Waals surface area contributed by atoms with Gasteiger partial charge in [0.2, 0.25) is 0 Å². The maximum Gasteiger partial charge on any atom is 0.151 e. The van der Waals surface area contributed by atoms with Gasteiger partial charge in [-0.25, -0.2) is 8.42 Å². The Bertz CT molecular complexity index is 356. The van der Waals surface area contributed by atoms with Gasteiger partial charge in [-0.05, 0) is 38.8 Å². The van der Waals surface area contributed by atoms with Crippen LogP contribution in [0, 0.1) is 5.92 Å². The first-order chi connectivity index (χ1) is 7.98. The second-order valence-electron chi connectivity index (χ2n) is 5.68. The molecule has 0 amide bonds. The summed E-state index contributed by atoms with van der Waals surface area (Å²) in [7, 11) is -0.693. The standard InChI is InChI=1S/C12H24N2O2S/c1-10-4-3-6-13-12(10)8-14(2)11-5-7-17(15,16)9-11/h10-13H,3-9H2,1-2H3. The molecule has 0 radical (unpaired) electrons. The third-order valence-corrected chi connectivity index (χ3v) is 6.00. The van der Waals surface area contributed by atoms with E-state index < -0.39 is 9.84 Å². The molecule has 2 aliphatic rings. The zero-order valence-corrected chi connectivity index (χ0v) is 11.7. The summed E-state index contributed by atoms with van der Waals surface area (Å²) in [5.41, 5.74) is 0. The van der Waals surface area contributed by atoms with Crippen LogP contribution in [0.25, 0.3) is 0 Å². The third kappa shape index (κ3) is 3.42. The lowest BCUT2D eigenvalue weighted by molar-refractivity contribution is 0.185. The molecule has 100 valence electrons. The second kappa shape index (κ2) is 5.24. The second-order valence-corrected chi connectivity index (χ2v) is 7.91. The molecule has 0 saturated carbocycles. The highest BCUT2D eigenvalue weighted by atomic mass is 32.2. The van der Waals surface area contributed by atoms with Crippen LogP contribution in [0.4, 0.5) is 0 Å². The molecule has 4 nitrogen and oxygen atoms in total. The van der Waals surface area contributed by atoms with Crippen LogP contribution in [0.1, 0.15) is 26.2 Å².